The number of carbonyl (C=O) groups is 1. The molecule has 0 unspecified atom stereocenters. The van der Waals surface area contributed by atoms with Gasteiger partial charge in [0.1, 0.15) is 17.9 Å². The molecule has 0 atom stereocenters. The van der Waals surface area contributed by atoms with E-state index in [1.807, 2.05) is 0 Å². The molecule has 3 N–H and O–H groups in total. The number of nitrogen functional groups attached to an aromatic ring is 1. The van der Waals surface area contributed by atoms with Crippen molar-refractivity contribution in [1.82, 2.24) is 9.38 Å². The lowest BCUT2D eigenvalue weighted by Gasteiger charge is -2.06. The fourth-order valence-electron chi connectivity index (χ4n) is 2.16. The Hall–Kier alpha value is -2.73. The molecule has 0 saturated carbocycles. The number of carboxylic acid groups (broad SMARTS) is 1. The van der Waals surface area contributed by atoms with Crippen molar-refractivity contribution in [2.45, 2.75) is 6.61 Å². The SMILES string of the molecule is Nc1cccn2c(COc3ccc(Cl)cc3)nc(C(=O)O)c12. The van der Waals surface area contributed by atoms with Crippen molar-refractivity contribution >= 4 is 28.8 Å². The summed E-state index contributed by atoms with van der Waals surface area (Å²) in [6.07, 6.45) is 1.70. The maximum absolute atomic E-state index is 11.3. The number of ether oxygens (including phenoxy) is 1. The Bertz CT molecular complexity index is 843. The second kappa shape index (κ2) is 5.57. The Morgan fingerprint density at radius 3 is 2.73 bits per heavy atom. The molecule has 1 aromatic carbocycles. The maximum Gasteiger partial charge on any atom is 0.356 e. The zero-order valence-electron chi connectivity index (χ0n) is 11.4. The maximum atomic E-state index is 11.3. The lowest BCUT2D eigenvalue weighted by Crippen LogP contribution is -2.01. The molecule has 0 fully saturated rings. The Labute approximate surface area is 130 Å². The number of imidazole rings is 1. The predicted molar refractivity (Wildman–Crippen MR) is 82.3 cm³/mol. The Morgan fingerprint density at radius 2 is 2.05 bits per heavy atom. The molecule has 0 spiro atoms. The number of nitrogens with two attached hydrogens (primary N) is 1. The Morgan fingerprint density at radius 1 is 1.32 bits per heavy atom. The van der Waals surface area contributed by atoms with Gasteiger partial charge in [-0.25, -0.2) is 9.78 Å². The quantitative estimate of drug-likeness (QED) is 0.772. The van der Waals surface area contributed by atoms with Crippen LogP contribution in [0.25, 0.3) is 5.52 Å². The van der Waals surface area contributed by atoms with Crippen LogP contribution in [-0.2, 0) is 6.61 Å². The van der Waals surface area contributed by atoms with Crippen LogP contribution in [0.5, 0.6) is 5.75 Å². The fourth-order valence-corrected chi connectivity index (χ4v) is 2.28. The molecule has 0 aliphatic heterocycles. The molecular formula is C15H12ClN3O3. The predicted octanol–water partition coefficient (Wildman–Crippen LogP) is 2.85. The standard InChI is InChI=1S/C15H12ClN3O3/c16-9-3-5-10(6-4-9)22-8-12-18-13(15(20)21)14-11(17)2-1-7-19(12)14/h1-7H,8,17H2,(H,20,21). The van der Waals surface area contributed by atoms with Crippen LogP contribution in [0, 0.1) is 0 Å². The van der Waals surface area contributed by atoms with Crippen LogP contribution < -0.4 is 10.5 Å². The first-order valence-corrected chi connectivity index (χ1v) is 6.81. The Kier molecular flexibility index (Phi) is 3.60. The van der Waals surface area contributed by atoms with Gasteiger partial charge in [0.05, 0.1) is 5.69 Å². The number of carboxylic acids is 1. The third-order valence-corrected chi connectivity index (χ3v) is 3.40. The van der Waals surface area contributed by atoms with Crippen molar-refractivity contribution in [3.63, 3.8) is 0 Å². The number of fused-ring (bicyclic) bond motifs is 1. The van der Waals surface area contributed by atoms with Gasteiger partial charge in [0.15, 0.2) is 11.5 Å². The van der Waals surface area contributed by atoms with Gasteiger partial charge in [-0.3, -0.25) is 4.40 Å². The number of halogens is 1. The van der Waals surface area contributed by atoms with Gasteiger partial charge in [-0.2, -0.15) is 0 Å². The summed E-state index contributed by atoms with van der Waals surface area (Å²) in [4.78, 5) is 15.4. The molecule has 2 aromatic heterocycles. The van der Waals surface area contributed by atoms with Crippen LogP contribution >= 0.6 is 11.6 Å². The molecule has 0 amide bonds. The number of aromatic carboxylic acids is 1. The van der Waals surface area contributed by atoms with Gasteiger partial charge in [-0.15, -0.1) is 0 Å². The number of rotatable bonds is 4. The minimum absolute atomic E-state index is 0.0900. The van der Waals surface area contributed by atoms with E-state index in [9.17, 15) is 9.90 Å². The Balaban J connectivity index is 1.95. The lowest BCUT2D eigenvalue weighted by atomic mass is 10.3. The number of hydrogen-bond donors (Lipinski definition) is 2. The van der Waals surface area contributed by atoms with Crippen LogP contribution in [0.3, 0.4) is 0 Å². The first-order chi connectivity index (χ1) is 10.6. The average molecular weight is 318 g/mol. The van der Waals surface area contributed by atoms with Crippen molar-refractivity contribution in [3.8, 4) is 5.75 Å². The highest BCUT2D eigenvalue weighted by atomic mass is 35.5. The molecule has 3 rings (SSSR count). The molecule has 2 heterocycles. The van der Waals surface area contributed by atoms with Crippen LogP contribution in [0.2, 0.25) is 5.02 Å². The van der Waals surface area contributed by atoms with Gasteiger partial charge in [-0.1, -0.05) is 11.6 Å². The van der Waals surface area contributed by atoms with Gasteiger partial charge in [0.25, 0.3) is 0 Å². The van der Waals surface area contributed by atoms with Crippen LogP contribution in [0.15, 0.2) is 42.6 Å². The summed E-state index contributed by atoms with van der Waals surface area (Å²) in [7, 11) is 0. The smallest absolute Gasteiger partial charge is 0.356 e. The molecule has 0 aliphatic carbocycles. The van der Waals surface area contributed by atoms with Gasteiger partial charge in [0, 0.05) is 11.2 Å². The van der Waals surface area contributed by atoms with Crippen molar-refractivity contribution in [1.29, 1.82) is 0 Å². The molecule has 112 valence electrons. The van der Waals surface area contributed by atoms with Crippen LogP contribution in [0.1, 0.15) is 16.3 Å². The number of benzene rings is 1. The molecule has 0 saturated heterocycles. The van der Waals surface area contributed by atoms with Crippen molar-refractivity contribution in [3.05, 3.63) is 59.1 Å². The fraction of sp³-hybridized carbons (Fsp3) is 0.0667. The molecule has 0 bridgehead atoms. The molecule has 6 nitrogen and oxygen atoms in total. The molecule has 0 radical (unpaired) electrons. The molecule has 3 aromatic rings. The summed E-state index contributed by atoms with van der Waals surface area (Å²) in [5.41, 5.74) is 6.48. The van der Waals surface area contributed by atoms with Crippen molar-refractivity contribution < 1.29 is 14.6 Å². The van der Waals surface area contributed by atoms with Crippen LogP contribution in [-0.4, -0.2) is 20.5 Å². The number of aromatic nitrogens is 2. The summed E-state index contributed by atoms with van der Waals surface area (Å²) in [6.45, 7) is 0.111. The second-order valence-corrected chi connectivity index (χ2v) is 5.04. The largest absolute Gasteiger partial charge is 0.486 e. The third kappa shape index (κ3) is 2.56. The summed E-state index contributed by atoms with van der Waals surface area (Å²) >= 11 is 5.81. The highest BCUT2D eigenvalue weighted by molar-refractivity contribution is 6.30. The van der Waals surface area contributed by atoms with E-state index in [1.54, 1.807) is 47.0 Å². The monoisotopic (exact) mass is 317 g/mol. The highest BCUT2D eigenvalue weighted by Crippen LogP contribution is 2.22. The van der Waals surface area contributed by atoms with Crippen molar-refractivity contribution in [2.75, 3.05) is 5.73 Å². The molecule has 0 aliphatic rings. The molecular weight excluding hydrogens is 306 g/mol. The zero-order chi connectivity index (χ0) is 15.7. The van der Waals surface area contributed by atoms with E-state index in [-0.39, 0.29) is 12.3 Å². The van der Waals surface area contributed by atoms with E-state index in [2.05, 4.69) is 4.98 Å². The van der Waals surface area contributed by atoms with E-state index in [0.717, 1.165) is 0 Å². The normalized spacial score (nSPS) is 10.8. The van der Waals surface area contributed by atoms with E-state index in [1.165, 1.54) is 0 Å². The summed E-state index contributed by atoms with van der Waals surface area (Å²) < 4.78 is 7.23. The van der Waals surface area contributed by atoms with Gasteiger partial charge >= 0.3 is 5.97 Å². The third-order valence-electron chi connectivity index (χ3n) is 3.15. The van der Waals surface area contributed by atoms with Crippen molar-refractivity contribution in [2.24, 2.45) is 0 Å². The number of pyridine rings is 1. The number of nitrogens with zero attached hydrogens (tertiary/aromatic N) is 2. The molecule has 7 heteroatoms. The van der Waals surface area contributed by atoms with E-state index < -0.39 is 5.97 Å². The van der Waals surface area contributed by atoms with Gasteiger partial charge in [0.2, 0.25) is 0 Å². The minimum atomic E-state index is -1.13. The zero-order valence-corrected chi connectivity index (χ0v) is 12.1. The first kappa shape index (κ1) is 14.2. The highest BCUT2D eigenvalue weighted by Gasteiger charge is 2.18. The van der Waals surface area contributed by atoms with Crippen LogP contribution in [0.4, 0.5) is 5.69 Å². The average Bonchev–Trinajstić information content (AvgIpc) is 2.87. The first-order valence-electron chi connectivity index (χ1n) is 6.43. The summed E-state index contributed by atoms with van der Waals surface area (Å²) in [5, 5.41) is 9.86. The summed E-state index contributed by atoms with van der Waals surface area (Å²) in [6, 6.07) is 10.2. The number of anilines is 1. The van der Waals surface area contributed by atoms with E-state index >= 15 is 0 Å². The number of hydrogen-bond acceptors (Lipinski definition) is 4. The summed E-state index contributed by atoms with van der Waals surface area (Å²) in [5.74, 6) is -0.0651. The van der Waals surface area contributed by atoms with E-state index in [0.29, 0.717) is 27.8 Å². The second-order valence-electron chi connectivity index (χ2n) is 4.61. The topological polar surface area (TPSA) is 89.9 Å². The minimum Gasteiger partial charge on any atom is -0.486 e. The van der Waals surface area contributed by atoms with Gasteiger partial charge in [-0.05, 0) is 36.4 Å². The van der Waals surface area contributed by atoms with E-state index in [4.69, 9.17) is 22.1 Å². The lowest BCUT2D eigenvalue weighted by molar-refractivity contribution is 0.0693. The molecule has 22 heavy (non-hydrogen) atoms. The van der Waals surface area contributed by atoms with Gasteiger partial charge < -0.3 is 15.6 Å².